The first kappa shape index (κ1) is 22.1. The van der Waals surface area contributed by atoms with E-state index in [2.05, 4.69) is 30.4 Å². The Labute approximate surface area is 192 Å². The molecule has 1 unspecified atom stereocenters. The van der Waals surface area contributed by atoms with Gasteiger partial charge in [-0.15, -0.1) is 0 Å². The number of hydrogen-bond acceptors (Lipinski definition) is 7. The summed E-state index contributed by atoms with van der Waals surface area (Å²) in [6, 6.07) is 6.41. The smallest absolute Gasteiger partial charge is 0.410 e. The highest BCUT2D eigenvalue weighted by Crippen LogP contribution is 2.31. The highest BCUT2D eigenvalue weighted by atomic mass is 19.4. The molecule has 0 spiro atoms. The number of alkyl halides is 3. The van der Waals surface area contributed by atoms with Crippen molar-refractivity contribution < 1.29 is 22.7 Å². The van der Waals surface area contributed by atoms with Gasteiger partial charge in [-0.2, -0.15) is 18.3 Å². The molecule has 1 atom stereocenters. The molecule has 9 nitrogen and oxygen atoms in total. The normalized spacial score (nSPS) is 18.9. The maximum Gasteiger partial charge on any atom is 0.433 e. The number of nitrogens with zero attached hydrogens (tertiary/aromatic N) is 5. The molecule has 178 valence electrons. The molecule has 1 fully saturated rings. The molecule has 0 saturated carbocycles. The predicted octanol–water partition coefficient (Wildman–Crippen LogP) is 3.20. The van der Waals surface area contributed by atoms with Crippen LogP contribution in [0.4, 0.5) is 23.9 Å². The number of carbonyl (C=O) groups excluding carboxylic acids is 1. The van der Waals surface area contributed by atoms with E-state index in [1.54, 1.807) is 17.2 Å². The number of piperazine rings is 1. The molecule has 0 radical (unpaired) electrons. The maximum absolute atomic E-state index is 13.0. The van der Waals surface area contributed by atoms with Crippen molar-refractivity contribution in [3.05, 3.63) is 53.5 Å². The van der Waals surface area contributed by atoms with Crippen molar-refractivity contribution in [2.45, 2.75) is 32.2 Å². The number of anilines is 1. The first-order valence-electron chi connectivity index (χ1n) is 10.8. The topological polar surface area (TPSA) is 99.3 Å². The van der Waals surface area contributed by atoms with Crippen LogP contribution in [0, 0.1) is 0 Å². The number of rotatable bonds is 4. The van der Waals surface area contributed by atoms with Crippen LogP contribution >= 0.6 is 0 Å². The average molecular weight is 473 g/mol. The van der Waals surface area contributed by atoms with Crippen LogP contribution < -0.4 is 15.0 Å². The number of H-pyrrole nitrogens is 1. The molecule has 2 aliphatic rings. The van der Waals surface area contributed by atoms with Crippen molar-refractivity contribution >= 4 is 12.0 Å². The largest absolute Gasteiger partial charge is 0.433 e. The van der Waals surface area contributed by atoms with E-state index in [1.165, 1.54) is 0 Å². The summed E-state index contributed by atoms with van der Waals surface area (Å²) >= 11 is 0. The molecule has 1 saturated heterocycles. The second-order valence-corrected chi connectivity index (χ2v) is 8.35. The Morgan fingerprint density at radius 2 is 2.09 bits per heavy atom. The number of nitrogens with one attached hydrogen (secondary N) is 2. The van der Waals surface area contributed by atoms with Gasteiger partial charge in [-0.1, -0.05) is 0 Å². The third-order valence-corrected chi connectivity index (χ3v) is 5.99. The highest BCUT2D eigenvalue weighted by molar-refractivity contribution is 5.74. The Bertz CT molecular complexity index is 1210. The molecule has 0 aliphatic carbocycles. The van der Waals surface area contributed by atoms with Crippen LogP contribution in [0.25, 0.3) is 11.3 Å². The number of fused-ring (bicyclic) bond motifs is 1. The third kappa shape index (κ3) is 4.40. The van der Waals surface area contributed by atoms with Crippen LogP contribution in [0.15, 0.2) is 36.7 Å². The zero-order valence-electron chi connectivity index (χ0n) is 18.3. The number of halogens is 3. The zero-order valence-corrected chi connectivity index (χ0v) is 18.3. The molecular weight excluding hydrogens is 451 g/mol. The molecule has 2 aromatic heterocycles. The summed E-state index contributed by atoms with van der Waals surface area (Å²) in [5, 5.41) is 9.92. The van der Waals surface area contributed by atoms with Crippen LogP contribution in [-0.2, 0) is 19.3 Å². The number of benzene rings is 1. The van der Waals surface area contributed by atoms with E-state index in [4.69, 9.17) is 4.74 Å². The van der Waals surface area contributed by atoms with E-state index in [0.29, 0.717) is 38.5 Å². The van der Waals surface area contributed by atoms with Crippen molar-refractivity contribution in [3.8, 4) is 17.0 Å². The van der Waals surface area contributed by atoms with Gasteiger partial charge in [0.2, 0.25) is 5.95 Å². The van der Waals surface area contributed by atoms with Crippen molar-refractivity contribution in [3.63, 3.8) is 0 Å². The Hall–Kier alpha value is -3.67. The monoisotopic (exact) mass is 473 g/mol. The second kappa shape index (κ2) is 8.60. The summed E-state index contributed by atoms with van der Waals surface area (Å²) in [5.41, 5.74) is 2.73. The molecule has 0 bridgehead atoms. The molecule has 4 heterocycles. The second-order valence-electron chi connectivity index (χ2n) is 8.35. The van der Waals surface area contributed by atoms with Crippen molar-refractivity contribution in [1.29, 1.82) is 0 Å². The van der Waals surface area contributed by atoms with E-state index in [9.17, 15) is 18.0 Å². The van der Waals surface area contributed by atoms with E-state index < -0.39 is 18.0 Å². The van der Waals surface area contributed by atoms with E-state index in [1.807, 2.05) is 19.1 Å². The van der Waals surface area contributed by atoms with Crippen molar-refractivity contribution in [2.75, 3.05) is 24.5 Å². The van der Waals surface area contributed by atoms with Crippen LogP contribution in [0.1, 0.15) is 23.7 Å². The van der Waals surface area contributed by atoms with Gasteiger partial charge in [0.15, 0.2) is 0 Å². The molecule has 1 aromatic carbocycles. The van der Waals surface area contributed by atoms with Gasteiger partial charge in [0.05, 0.1) is 11.9 Å². The van der Waals surface area contributed by atoms with Crippen LogP contribution in [0.5, 0.6) is 5.75 Å². The number of aromatic amines is 1. The minimum absolute atomic E-state index is 0.0721. The van der Waals surface area contributed by atoms with Crippen LogP contribution in [-0.4, -0.2) is 56.8 Å². The van der Waals surface area contributed by atoms with Gasteiger partial charge >= 0.3 is 12.3 Å². The number of carbonyl (C=O) groups is 1. The Morgan fingerprint density at radius 1 is 1.24 bits per heavy atom. The lowest BCUT2D eigenvalue weighted by atomic mass is 10.0. The Balaban J connectivity index is 1.28. The minimum Gasteiger partial charge on any atom is -0.410 e. The standard InChI is InChI=1S/C22H22F3N7O2/c1-13-11-31(6-7-32(13)20-26-5-4-18(29-20)22(23,24)25)12-16-10-28-30-19(16)14-2-3-17-15(8-14)9-27-21(33)34-17/h2-5,8,10,13H,6-7,9,11-12H2,1H3,(H,27,33)(H,28,30). The molecule has 3 aromatic rings. The fourth-order valence-electron chi connectivity index (χ4n) is 4.32. The van der Waals surface area contributed by atoms with Crippen LogP contribution in [0.3, 0.4) is 0 Å². The SMILES string of the molecule is CC1CN(Cc2cn[nH]c2-c2ccc3c(c2)CNC(=O)O3)CCN1c1nccc(C(F)(F)F)n1. The fraction of sp³-hybridized carbons (Fsp3) is 0.364. The third-order valence-electron chi connectivity index (χ3n) is 5.99. The molecule has 1 amide bonds. The molecule has 2 N–H and O–H groups in total. The average Bonchev–Trinajstić information content (AvgIpc) is 3.26. The quantitative estimate of drug-likeness (QED) is 0.600. The van der Waals surface area contributed by atoms with Crippen molar-refractivity contribution in [2.24, 2.45) is 0 Å². The molecule has 12 heteroatoms. The first-order valence-corrected chi connectivity index (χ1v) is 10.8. The van der Waals surface area contributed by atoms with Crippen molar-refractivity contribution in [1.82, 2.24) is 30.4 Å². The van der Waals surface area contributed by atoms with Crippen LogP contribution in [0.2, 0.25) is 0 Å². The fourth-order valence-corrected chi connectivity index (χ4v) is 4.32. The summed E-state index contributed by atoms with van der Waals surface area (Å²) in [7, 11) is 0. The summed E-state index contributed by atoms with van der Waals surface area (Å²) in [5.74, 6) is 0.629. The lowest BCUT2D eigenvalue weighted by Gasteiger charge is -2.40. The minimum atomic E-state index is -4.51. The van der Waals surface area contributed by atoms with E-state index in [0.717, 1.165) is 34.6 Å². The highest BCUT2D eigenvalue weighted by Gasteiger charge is 2.34. The lowest BCUT2D eigenvalue weighted by molar-refractivity contribution is -0.141. The number of amides is 1. The number of ether oxygens (including phenoxy) is 1. The summed E-state index contributed by atoms with van der Waals surface area (Å²) < 4.78 is 44.3. The molecule has 2 aliphatic heterocycles. The Morgan fingerprint density at radius 3 is 2.88 bits per heavy atom. The Kier molecular flexibility index (Phi) is 5.60. The predicted molar refractivity (Wildman–Crippen MR) is 116 cm³/mol. The van der Waals surface area contributed by atoms with Gasteiger partial charge in [0.1, 0.15) is 11.4 Å². The molecule has 34 heavy (non-hydrogen) atoms. The summed E-state index contributed by atoms with van der Waals surface area (Å²) in [6.07, 6.45) is -2.04. The van der Waals surface area contributed by atoms with Gasteiger partial charge in [-0.25, -0.2) is 14.8 Å². The van der Waals surface area contributed by atoms with Gasteiger partial charge in [-0.3, -0.25) is 10.00 Å². The number of aromatic nitrogens is 4. The lowest BCUT2D eigenvalue weighted by Crippen LogP contribution is -2.52. The maximum atomic E-state index is 13.0. The van der Waals surface area contributed by atoms with Gasteiger partial charge in [0, 0.05) is 61.7 Å². The van der Waals surface area contributed by atoms with E-state index in [-0.39, 0.29) is 12.0 Å². The van der Waals surface area contributed by atoms with E-state index >= 15 is 0 Å². The zero-order chi connectivity index (χ0) is 23.9. The van der Waals surface area contributed by atoms with Gasteiger partial charge < -0.3 is 15.0 Å². The van der Waals surface area contributed by atoms with Gasteiger partial charge in [0.25, 0.3) is 0 Å². The first-order chi connectivity index (χ1) is 16.3. The summed E-state index contributed by atoms with van der Waals surface area (Å²) in [6.45, 7) is 4.74. The number of hydrogen-bond donors (Lipinski definition) is 2. The van der Waals surface area contributed by atoms with Gasteiger partial charge in [-0.05, 0) is 31.2 Å². The molecule has 5 rings (SSSR count). The summed E-state index contributed by atoms with van der Waals surface area (Å²) in [4.78, 5) is 23.2. The molecular formula is C22H22F3N7O2.